The van der Waals surface area contributed by atoms with Gasteiger partial charge in [0.2, 0.25) is 5.91 Å². The Morgan fingerprint density at radius 2 is 1.67 bits per heavy atom. The molecule has 6 nitrogen and oxygen atoms in total. The normalized spacial score (nSPS) is 18.1. The lowest BCUT2D eigenvalue weighted by atomic mass is 9.78. The van der Waals surface area contributed by atoms with E-state index in [0.717, 1.165) is 0 Å². The maximum Gasteiger partial charge on any atom is 0.254 e. The first-order chi connectivity index (χ1) is 14.4. The van der Waals surface area contributed by atoms with E-state index in [2.05, 4.69) is 0 Å². The summed E-state index contributed by atoms with van der Waals surface area (Å²) in [5.41, 5.74) is 1.17. The number of likely N-dealkylation sites (N-methyl/N-ethyl adjacent to an activating group) is 2. The number of fused-ring (bicyclic) bond motifs is 1. The average molecular weight is 414 g/mol. The smallest absolute Gasteiger partial charge is 0.254 e. The Hall–Kier alpha value is -3.09. The first-order valence-corrected chi connectivity index (χ1v) is 9.95. The standard InChI is InChI=1S/C23H27FN2O4/c1-6-26(7-2)23(28)20-15-12-18(29-4)19(30-5)13-16(15)22(27)25(3)21(20)14-10-8-9-11-17(14)24/h8-13,20-21H,6-7H2,1-5H3. The van der Waals surface area contributed by atoms with Crippen molar-refractivity contribution < 1.29 is 23.5 Å². The van der Waals surface area contributed by atoms with Crippen molar-refractivity contribution in [3.8, 4) is 11.5 Å². The van der Waals surface area contributed by atoms with E-state index in [0.29, 0.717) is 41.3 Å². The lowest BCUT2D eigenvalue weighted by Crippen LogP contribution is -2.47. The average Bonchev–Trinajstić information content (AvgIpc) is 2.76. The number of methoxy groups -OCH3 is 2. The van der Waals surface area contributed by atoms with Gasteiger partial charge < -0.3 is 19.3 Å². The van der Waals surface area contributed by atoms with Crippen LogP contribution in [0, 0.1) is 5.82 Å². The molecule has 0 aliphatic carbocycles. The minimum Gasteiger partial charge on any atom is -0.493 e. The van der Waals surface area contributed by atoms with E-state index < -0.39 is 17.8 Å². The second kappa shape index (κ2) is 8.73. The predicted molar refractivity (Wildman–Crippen MR) is 111 cm³/mol. The van der Waals surface area contributed by atoms with Gasteiger partial charge in [-0.3, -0.25) is 9.59 Å². The summed E-state index contributed by atoms with van der Waals surface area (Å²) in [5.74, 6) is -0.888. The molecular weight excluding hydrogens is 387 g/mol. The van der Waals surface area contributed by atoms with Crippen LogP contribution in [0.15, 0.2) is 36.4 Å². The third-order valence-corrected chi connectivity index (χ3v) is 5.74. The van der Waals surface area contributed by atoms with Gasteiger partial charge in [0, 0.05) is 31.3 Å². The van der Waals surface area contributed by atoms with Gasteiger partial charge in [0.25, 0.3) is 5.91 Å². The Morgan fingerprint density at radius 3 is 2.23 bits per heavy atom. The summed E-state index contributed by atoms with van der Waals surface area (Å²) in [7, 11) is 4.58. The maximum absolute atomic E-state index is 14.8. The largest absolute Gasteiger partial charge is 0.493 e. The van der Waals surface area contributed by atoms with Crippen molar-refractivity contribution in [1.82, 2.24) is 9.80 Å². The van der Waals surface area contributed by atoms with Crippen molar-refractivity contribution in [2.75, 3.05) is 34.4 Å². The van der Waals surface area contributed by atoms with Crippen LogP contribution < -0.4 is 9.47 Å². The molecule has 2 aromatic carbocycles. The molecule has 0 saturated carbocycles. The highest BCUT2D eigenvalue weighted by molar-refractivity contribution is 6.02. The molecule has 0 spiro atoms. The number of halogens is 1. The number of carbonyl (C=O) groups excluding carboxylic acids is 2. The van der Waals surface area contributed by atoms with Crippen LogP contribution in [0.25, 0.3) is 0 Å². The molecule has 0 aromatic heterocycles. The molecule has 2 atom stereocenters. The monoisotopic (exact) mass is 414 g/mol. The summed E-state index contributed by atoms with van der Waals surface area (Å²) in [6, 6.07) is 8.74. The SMILES string of the molecule is CCN(CC)C(=O)C1c2cc(OC)c(OC)cc2C(=O)N(C)C1c1ccccc1F. The molecular formula is C23H27FN2O4. The molecule has 0 fully saturated rings. The van der Waals surface area contributed by atoms with Gasteiger partial charge in [0.1, 0.15) is 5.82 Å². The van der Waals surface area contributed by atoms with Crippen LogP contribution in [0.3, 0.4) is 0 Å². The van der Waals surface area contributed by atoms with Crippen LogP contribution in [0.2, 0.25) is 0 Å². The molecule has 0 radical (unpaired) electrons. The molecule has 2 amide bonds. The van der Waals surface area contributed by atoms with Gasteiger partial charge in [-0.25, -0.2) is 4.39 Å². The maximum atomic E-state index is 14.8. The second-order valence-corrected chi connectivity index (χ2v) is 7.17. The molecule has 1 heterocycles. The number of hydrogen-bond donors (Lipinski definition) is 0. The third kappa shape index (κ3) is 3.49. The predicted octanol–water partition coefficient (Wildman–Crippen LogP) is 3.62. The zero-order valence-electron chi connectivity index (χ0n) is 17.9. The van der Waals surface area contributed by atoms with Gasteiger partial charge in [-0.2, -0.15) is 0 Å². The first kappa shape index (κ1) is 21.6. The number of benzene rings is 2. The molecule has 2 unspecified atom stereocenters. The van der Waals surface area contributed by atoms with Crippen molar-refractivity contribution in [3.63, 3.8) is 0 Å². The Bertz CT molecular complexity index is 958. The molecule has 160 valence electrons. The van der Waals surface area contributed by atoms with Gasteiger partial charge in [0.05, 0.1) is 26.2 Å². The van der Waals surface area contributed by atoms with Crippen LogP contribution in [0.1, 0.15) is 47.3 Å². The van der Waals surface area contributed by atoms with E-state index in [9.17, 15) is 14.0 Å². The lowest BCUT2D eigenvalue weighted by Gasteiger charge is -2.41. The molecule has 7 heteroatoms. The van der Waals surface area contributed by atoms with E-state index in [-0.39, 0.29) is 11.8 Å². The molecule has 1 aliphatic rings. The molecule has 0 N–H and O–H groups in total. The molecule has 0 bridgehead atoms. The van der Waals surface area contributed by atoms with Gasteiger partial charge in [-0.05, 0) is 37.6 Å². The number of amides is 2. The van der Waals surface area contributed by atoms with Crippen LogP contribution >= 0.6 is 0 Å². The fourth-order valence-electron chi connectivity index (χ4n) is 4.15. The summed E-state index contributed by atoms with van der Waals surface area (Å²) in [4.78, 5) is 30.0. The molecule has 1 aliphatic heterocycles. The van der Waals surface area contributed by atoms with Crippen molar-refractivity contribution in [2.45, 2.75) is 25.8 Å². The highest BCUT2D eigenvalue weighted by Gasteiger charge is 2.45. The minimum absolute atomic E-state index is 0.166. The molecule has 2 aromatic rings. The highest BCUT2D eigenvalue weighted by Crippen LogP contribution is 2.46. The minimum atomic E-state index is -0.780. The van der Waals surface area contributed by atoms with Gasteiger partial charge >= 0.3 is 0 Å². The van der Waals surface area contributed by atoms with Gasteiger partial charge in [0.15, 0.2) is 11.5 Å². The Kier molecular flexibility index (Phi) is 6.29. The highest BCUT2D eigenvalue weighted by atomic mass is 19.1. The quantitative estimate of drug-likeness (QED) is 0.725. The van der Waals surface area contributed by atoms with E-state index in [1.54, 1.807) is 42.3 Å². The number of hydrogen-bond acceptors (Lipinski definition) is 4. The van der Waals surface area contributed by atoms with E-state index in [1.807, 2.05) is 13.8 Å². The zero-order chi connectivity index (χ0) is 22.0. The Balaban J connectivity index is 2.30. The van der Waals surface area contributed by atoms with E-state index >= 15 is 0 Å². The van der Waals surface area contributed by atoms with Crippen LogP contribution in [-0.2, 0) is 4.79 Å². The number of nitrogens with zero attached hydrogens (tertiary/aromatic N) is 2. The topological polar surface area (TPSA) is 59.1 Å². The number of carbonyl (C=O) groups is 2. The fourth-order valence-corrected chi connectivity index (χ4v) is 4.15. The fraction of sp³-hybridized carbons (Fsp3) is 0.391. The summed E-state index contributed by atoms with van der Waals surface area (Å²) in [6.07, 6.45) is 0. The lowest BCUT2D eigenvalue weighted by molar-refractivity contribution is -0.134. The number of rotatable bonds is 6. The van der Waals surface area contributed by atoms with Gasteiger partial charge in [-0.15, -0.1) is 0 Å². The third-order valence-electron chi connectivity index (χ3n) is 5.74. The summed E-state index contributed by atoms with van der Waals surface area (Å²) in [5, 5.41) is 0. The second-order valence-electron chi connectivity index (χ2n) is 7.17. The van der Waals surface area contributed by atoms with Crippen molar-refractivity contribution in [3.05, 3.63) is 58.9 Å². The van der Waals surface area contributed by atoms with Gasteiger partial charge in [-0.1, -0.05) is 18.2 Å². The van der Waals surface area contributed by atoms with Crippen LogP contribution in [0.5, 0.6) is 11.5 Å². The summed E-state index contributed by atoms with van der Waals surface area (Å²) >= 11 is 0. The Morgan fingerprint density at radius 1 is 1.07 bits per heavy atom. The number of ether oxygens (including phenoxy) is 2. The first-order valence-electron chi connectivity index (χ1n) is 9.95. The van der Waals surface area contributed by atoms with Crippen molar-refractivity contribution >= 4 is 11.8 Å². The molecule has 0 saturated heterocycles. The van der Waals surface area contributed by atoms with Crippen LogP contribution in [0.4, 0.5) is 4.39 Å². The van der Waals surface area contributed by atoms with Crippen LogP contribution in [-0.4, -0.2) is 56.0 Å². The Labute approximate surface area is 176 Å². The summed E-state index contributed by atoms with van der Waals surface area (Å²) in [6.45, 7) is 4.81. The van der Waals surface area contributed by atoms with E-state index in [1.165, 1.54) is 25.2 Å². The molecule has 30 heavy (non-hydrogen) atoms. The zero-order valence-corrected chi connectivity index (χ0v) is 17.9. The molecule has 3 rings (SSSR count). The van der Waals surface area contributed by atoms with E-state index in [4.69, 9.17) is 9.47 Å². The van der Waals surface area contributed by atoms with Crippen molar-refractivity contribution in [1.29, 1.82) is 0 Å². The summed E-state index contributed by atoms with van der Waals surface area (Å²) < 4.78 is 25.6. The van der Waals surface area contributed by atoms with Crippen molar-refractivity contribution in [2.24, 2.45) is 0 Å².